The number of hydrogen-bond donors (Lipinski definition) is 2. The predicted molar refractivity (Wildman–Crippen MR) is 128 cm³/mol. The zero-order chi connectivity index (χ0) is 23.3. The Balaban J connectivity index is 1.22. The molecule has 1 fully saturated rings. The number of carbonyl (C=O) groups is 1. The summed E-state index contributed by atoms with van der Waals surface area (Å²) in [6.07, 6.45) is -0.0349. The minimum atomic E-state index is -1.42. The number of carbonyl (C=O) groups excluding carboxylic acids is 1. The van der Waals surface area contributed by atoms with Crippen LogP contribution in [0.1, 0.15) is 17.2 Å². The van der Waals surface area contributed by atoms with E-state index in [0.29, 0.717) is 11.7 Å². The van der Waals surface area contributed by atoms with Crippen LogP contribution in [0.3, 0.4) is 0 Å². The number of rotatable bonds is 9. The highest BCUT2D eigenvalue weighted by Crippen LogP contribution is 2.26. The molecule has 174 valence electrons. The lowest BCUT2D eigenvalue weighted by Crippen LogP contribution is -2.44. The quantitative estimate of drug-likeness (QED) is 0.375. The molecular formula is C27H27N3O4. The molecule has 0 bridgehead atoms. The lowest BCUT2D eigenvalue weighted by molar-refractivity contribution is -0.159. The van der Waals surface area contributed by atoms with Gasteiger partial charge < -0.3 is 19.9 Å². The molecule has 0 spiro atoms. The lowest BCUT2D eigenvalue weighted by atomic mass is 10.0. The van der Waals surface area contributed by atoms with E-state index in [0.717, 1.165) is 41.7 Å². The summed E-state index contributed by atoms with van der Waals surface area (Å²) >= 11 is 0. The van der Waals surface area contributed by atoms with Gasteiger partial charge in [0.15, 0.2) is 12.2 Å². The molecule has 0 aliphatic carbocycles. The average Bonchev–Trinajstić information content (AvgIpc) is 3.26. The second-order valence-electron chi connectivity index (χ2n) is 8.56. The van der Waals surface area contributed by atoms with Gasteiger partial charge >= 0.3 is 5.97 Å². The standard InChI is InChI=1S/C27H27N3O4/c31-25(27(32)34-26(20-7-3-1-4-8-20)21-9-5-2-6-10-21)18-33-23-11-12-24-22(13-23)17-30(29-24)16-19-14-28-15-19/h1-13,17,19,25-26,28,31H,14-16,18H2. The number of aromatic nitrogens is 2. The summed E-state index contributed by atoms with van der Waals surface area (Å²) in [5.41, 5.74) is 2.54. The molecule has 4 aromatic rings. The fourth-order valence-corrected chi connectivity index (χ4v) is 4.00. The van der Waals surface area contributed by atoms with Crippen LogP contribution in [0.2, 0.25) is 0 Å². The van der Waals surface area contributed by atoms with Gasteiger partial charge in [-0.2, -0.15) is 5.10 Å². The molecule has 0 saturated carbocycles. The molecule has 1 atom stereocenters. The Hall–Kier alpha value is -3.68. The number of fused-ring (bicyclic) bond motifs is 1. The van der Waals surface area contributed by atoms with E-state index in [-0.39, 0.29) is 6.61 Å². The van der Waals surface area contributed by atoms with Crippen molar-refractivity contribution >= 4 is 16.9 Å². The smallest absolute Gasteiger partial charge is 0.339 e. The number of aliphatic hydroxyl groups excluding tert-OH is 1. The molecular weight excluding hydrogens is 430 g/mol. The Bertz CT molecular complexity index is 1200. The fourth-order valence-electron chi connectivity index (χ4n) is 4.00. The summed E-state index contributed by atoms with van der Waals surface area (Å²) in [6, 6.07) is 24.5. The molecule has 7 heteroatoms. The van der Waals surface area contributed by atoms with Crippen LogP contribution in [0.4, 0.5) is 0 Å². The first-order valence-electron chi connectivity index (χ1n) is 11.4. The zero-order valence-corrected chi connectivity index (χ0v) is 18.7. The van der Waals surface area contributed by atoms with E-state index in [2.05, 4.69) is 10.4 Å². The first kappa shape index (κ1) is 22.1. The van der Waals surface area contributed by atoms with E-state index < -0.39 is 18.2 Å². The van der Waals surface area contributed by atoms with Crippen molar-refractivity contribution in [1.82, 2.24) is 15.1 Å². The Morgan fingerprint density at radius 2 is 1.71 bits per heavy atom. The van der Waals surface area contributed by atoms with Gasteiger partial charge in [-0.25, -0.2) is 4.79 Å². The van der Waals surface area contributed by atoms with Gasteiger partial charge in [0.05, 0.1) is 5.52 Å². The van der Waals surface area contributed by atoms with E-state index in [9.17, 15) is 9.90 Å². The van der Waals surface area contributed by atoms with Gasteiger partial charge in [0.1, 0.15) is 12.4 Å². The third-order valence-electron chi connectivity index (χ3n) is 5.95. The van der Waals surface area contributed by atoms with Gasteiger partial charge in [0.2, 0.25) is 0 Å². The van der Waals surface area contributed by atoms with Gasteiger partial charge in [-0.15, -0.1) is 0 Å². The Morgan fingerprint density at radius 3 is 2.32 bits per heavy atom. The van der Waals surface area contributed by atoms with Crippen LogP contribution in [0.5, 0.6) is 5.75 Å². The third kappa shape index (κ3) is 5.11. The highest BCUT2D eigenvalue weighted by Gasteiger charge is 2.25. The Kier molecular flexibility index (Phi) is 6.56. The van der Waals surface area contributed by atoms with E-state index >= 15 is 0 Å². The van der Waals surface area contributed by atoms with E-state index in [4.69, 9.17) is 9.47 Å². The topological polar surface area (TPSA) is 85.6 Å². The van der Waals surface area contributed by atoms with Crippen molar-refractivity contribution in [2.24, 2.45) is 5.92 Å². The first-order chi connectivity index (χ1) is 16.7. The number of nitrogens with one attached hydrogen (secondary N) is 1. The van der Waals surface area contributed by atoms with Crippen LogP contribution in [0.15, 0.2) is 85.1 Å². The van der Waals surface area contributed by atoms with Gasteiger partial charge in [0.25, 0.3) is 0 Å². The molecule has 2 N–H and O–H groups in total. The molecule has 3 aromatic carbocycles. The lowest BCUT2D eigenvalue weighted by Gasteiger charge is -2.26. The molecule has 1 saturated heterocycles. The molecule has 1 unspecified atom stereocenters. The maximum Gasteiger partial charge on any atom is 0.339 e. The largest absolute Gasteiger partial charge is 0.490 e. The predicted octanol–water partition coefficient (Wildman–Crippen LogP) is 3.33. The van der Waals surface area contributed by atoms with Crippen LogP contribution < -0.4 is 10.1 Å². The SMILES string of the molecule is O=C(OC(c1ccccc1)c1ccccc1)C(O)COc1ccc2nn(CC3CNC3)cc2c1. The molecule has 5 rings (SSSR count). The van der Waals surface area contributed by atoms with Crippen molar-refractivity contribution in [1.29, 1.82) is 0 Å². The van der Waals surface area contributed by atoms with Crippen molar-refractivity contribution in [2.45, 2.75) is 18.8 Å². The van der Waals surface area contributed by atoms with Crippen molar-refractivity contribution in [3.8, 4) is 5.75 Å². The highest BCUT2D eigenvalue weighted by molar-refractivity contribution is 5.79. The molecule has 1 aromatic heterocycles. The van der Waals surface area contributed by atoms with Crippen molar-refractivity contribution in [3.63, 3.8) is 0 Å². The summed E-state index contributed by atoms with van der Waals surface area (Å²) in [5.74, 6) is 0.439. The second-order valence-corrected chi connectivity index (χ2v) is 8.56. The van der Waals surface area contributed by atoms with Crippen molar-refractivity contribution < 1.29 is 19.4 Å². The summed E-state index contributed by atoms with van der Waals surface area (Å²) < 4.78 is 13.4. The van der Waals surface area contributed by atoms with Gasteiger partial charge in [-0.1, -0.05) is 60.7 Å². The zero-order valence-electron chi connectivity index (χ0n) is 18.7. The number of esters is 1. The van der Waals surface area contributed by atoms with Gasteiger partial charge in [0, 0.05) is 37.1 Å². The molecule has 0 radical (unpaired) electrons. The number of hydrogen-bond acceptors (Lipinski definition) is 6. The third-order valence-corrected chi connectivity index (χ3v) is 5.95. The first-order valence-corrected chi connectivity index (χ1v) is 11.4. The Labute approximate surface area is 197 Å². The molecule has 1 aliphatic heterocycles. The maximum absolute atomic E-state index is 12.7. The maximum atomic E-state index is 12.7. The minimum absolute atomic E-state index is 0.206. The summed E-state index contributed by atoms with van der Waals surface area (Å²) in [4.78, 5) is 12.7. The van der Waals surface area contributed by atoms with Crippen LogP contribution in [-0.4, -0.2) is 46.7 Å². The van der Waals surface area contributed by atoms with Crippen LogP contribution in [0.25, 0.3) is 10.9 Å². The summed E-state index contributed by atoms with van der Waals surface area (Å²) in [6.45, 7) is 2.72. The normalized spacial score (nSPS) is 14.6. The molecule has 2 heterocycles. The molecule has 0 amide bonds. The van der Waals surface area contributed by atoms with E-state index in [1.165, 1.54) is 0 Å². The van der Waals surface area contributed by atoms with Crippen LogP contribution in [0, 0.1) is 5.92 Å². The minimum Gasteiger partial charge on any atom is -0.490 e. The summed E-state index contributed by atoms with van der Waals surface area (Å²) in [7, 11) is 0. The number of benzene rings is 3. The van der Waals surface area contributed by atoms with Crippen LogP contribution in [-0.2, 0) is 16.1 Å². The second kappa shape index (κ2) is 10.1. The highest BCUT2D eigenvalue weighted by atomic mass is 16.6. The van der Waals surface area contributed by atoms with Gasteiger partial charge in [-0.3, -0.25) is 4.68 Å². The number of ether oxygens (including phenoxy) is 2. The monoisotopic (exact) mass is 457 g/mol. The van der Waals surface area contributed by atoms with E-state index in [1.807, 2.05) is 83.7 Å². The molecule has 7 nitrogen and oxygen atoms in total. The van der Waals surface area contributed by atoms with Gasteiger partial charge in [-0.05, 0) is 29.3 Å². The summed E-state index contributed by atoms with van der Waals surface area (Å²) in [5, 5.41) is 19.3. The van der Waals surface area contributed by atoms with Crippen molar-refractivity contribution in [2.75, 3.05) is 19.7 Å². The molecule has 34 heavy (non-hydrogen) atoms. The van der Waals surface area contributed by atoms with Crippen molar-refractivity contribution in [3.05, 3.63) is 96.2 Å². The fraction of sp³-hybridized carbons (Fsp3) is 0.259. The van der Waals surface area contributed by atoms with E-state index in [1.54, 1.807) is 6.07 Å². The number of aliphatic hydroxyl groups is 1. The number of nitrogens with zero attached hydrogens (tertiary/aromatic N) is 2. The average molecular weight is 458 g/mol. The Morgan fingerprint density at radius 1 is 1.03 bits per heavy atom. The molecule has 1 aliphatic rings. The van der Waals surface area contributed by atoms with Crippen LogP contribution >= 0.6 is 0 Å².